The molecule has 0 amide bonds. The molecule has 25 heavy (non-hydrogen) atoms. The second-order valence-corrected chi connectivity index (χ2v) is 7.04. The van der Waals surface area contributed by atoms with Gasteiger partial charge in [0.25, 0.3) is 0 Å². The van der Waals surface area contributed by atoms with Gasteiger partial charge in [-0.2, -0.15) is 0 Å². The first-order valence-electron chi connectivity index (χ1n) is 10.7. The first-order chi connectivity index (χ1) is 12.2. The maximum atomic E-state index is 11.6. The van der Waals surface area contributed by atoms with E-state index in [1.807, 2.05) is 6.92 Å². The molecule has 148 valence electrons. The largest absolute Gasteiger partial charge is 0.460 e. The molecule has 1 N–H and O–H groups in total. The van der Waals surface area contributed by atoms with Gasteiger partial charge < -0.3 is 9.84 Å². The van der Waals surface area contributed by atoms with Crippen LogP contribution in [-0.2, 0) is 9.53 Å². The topological polar surface area (TPSA) is 46.5 Å². The van der Waals surface area contributed by atoms with E-state index in [1.165, 1.54) is 70.6 Å². The molecule has 0 radical (unpaired) electrons. The van der Waals surface area contributed by atoms with Gasteiger partial charge in [-0.15, -0.1) is 0 Å². The van der Waals surface area contributed by atoms with Crippen molar-refractivity contribution in [2.24, 2.45) is 0 Å². The highest BCUT2D eigenvalue weighted by molar-refractivity contribution is 5.69. The minimum atomic E-state index is -0.321. The van der Waals surface area contributed by atoms with Gasteiger partial charge in [0.1, 0.15) is 6.10 Å². The van der Waals surface area contributed by atoms with E-state index in [0.29, 0.717) is 12.8 Å². The van der Waals surface area contributed by atoms with E-state index in [0.717, 1.165) is 12.8 Å². The van der Waals surface area contributed by atoms with Crippen molar-refractivity contribution < 1.29 is 14.6 Å². The average Bonchev–Trinajstić information content (AvgIpc) is 2.62. The van der Waals surface area contributed by atoms with Crippen molar-refractivity contribution in [3.8, 4) is 0 Å². The maximum Gasteiger partial charge on any atom is 0.306 e. The van der Waals surface area contributed by atoms with Crippen LogP contribution in [0.2, 0.25) is 0 Å². The molecule has 0 aliphatic rings. The minimum Gasteiger partial charge on any atom is -0.460 e. The predicted molar refractivity (Wildman–Crippen MR) is 107 cm³/mol. The Kier molecular flexibility index (Phi) is 18.8. The molecule has 0 fully saturated rings. The van der Waals surface area contributed by atoms with Crippen molar-refractivity contribution >= 4 is 5.97 Å². The van der Waals surface area contributed by atoms with Crippen LogP contribution in [0.1, 0.15) is 110 Å². The SMILES string of the molecule is CCCCCC/C=C\CCCCCCCCCC(=O)OC(CC)CO. The molecular formula is C22H42O3. The third-order valence-electron chi connectivity index (χ3n) is 4.60. The summed E-state index contributed by atoms with van der Waals surface area (Å²) in [5.74, 6) is -0.164. The predicted octanol–water partition coefficient (Wildman–Crippen LogP) is 6.34. The Hall–Kier alpha value is -0.830. The van der Waals surface area contributed by atoms with Crippen molar-refractivity contribution in [3.63, 3.8) is 0 Å². The quantitative estimate of drug-likeness (QED) is 0.177. The number of allylic oxidation sites excluding steroid dienone is 2. The molecule has 0 aromatic rings. The smallest absolute Gasteiger partial charge is 0.306 e. The summed E-state index contributed by atoms with van der Waals surface area (Å²) in [6, 6.07) is 0. The van der Waals surface area contributed by atoms with Gasteiger partial charge in [-0.1, -0.05) is 77.4 Å². The number of hydrogen-bond donors (Lipinski definition) is 1. The highest BCUT2D eigenvalue weighted by atomic mass is 16.5. The summed E-state index contributed by atoms with van der Waals surface area (Å²) in [7, 11) is 0. The molecule has 0 saturated heterocycles. The Balaban J connectivity index is 3.26. The van der Waals surface area contributed by atoms with Gasteiger partial charge in [0.15, 0.2) is 0 Å². The molecular weight excluding hydrogens is 312 g/mol. The zero-order valence-electron chi connectivity index (χ0n) is 16.8. The summed E-state index contributed by atoms with van der Waals surface area (Å²) in [5, 5.41) is 9.00. The summed E-state index contributed by atoms with van der Waals surface area (Å²) in [6.07, 6.45) is 21.8. The molecule has 3 heteroatoms. The summed E-state index contributed by atoms with van der Waals surface area (Å²) in [4.78, 5) is 11.6. The normalized spacial score (nSPS) is 12.6. The minimum absolute atomic E-state index is 0.0731. The molecule has 0 spiro atoms. The van der Waals surface area contributed by atoms with E-state index in [-0.39, 0.29) is 18.7 Å². The van der Waals surface area contributed by atoms with Gasteiger partial charge in [0.05, 0.1) is 6.61 Å². The second-order valence-electron chi connectivity index (χ2n) is 7.04. The van der Waals surface area contributed by atoms with Crippen LogP contribution in [0.5, 0.6) is 0 Å². The molecule has 0 aromatic heterocycles. The van der Waals surface area contributed by atoms with E-state index in [9.17, 15) is 4.79 Å². The molecule has 0 aromatic carbocycles. The van der Waals surface area contributed by atoms with Crippen LogP contribution >= 0.6 is 0 Å². The number of rotatable bonds is 18. The lowest BCUT2D eigenvalue weighted by Gasteiger charge is -2.12. The molecule has 0 heterocycles. The highest BCUT2D eigenvalue weighted by Gasteiger charge is 2.10. The van der Waals surface area contributed by atoms with E-state index in [1.54, 1.807) is 0 Å². The van der Waals surface area contributed by atoms with Crippen LogP contribution < -0.4 is 0 Å². The van der Waals surface area contributed by atoms with Gasteiger partial charge in [-0.25, -0.2) is 0 Å². The number of unbranched alkanes of at least 4 members (excludes halogenated alkanes) is 11. The summed E-state index contributed by atoms with van der Waals surface area (Å²) >= 11 is 0. The van der Waals surface area contributed by atoms with Gasteiger partial charge in [-0.05, 0) is 38.5 Å². The van der Waals surface area contributed by atoms with E-state index < -0.39 is 0 Å². The van der Waals surface area contributed by atoms with Crippen molar-refractivity contribution in [2.45, 2.75) is 116 Å². The van der Waals surface area contributed by atoms with Crippen LogP contribution in [0.25, 0.3) is 0 Å². The van der Waals surface area contributed by atoms with E-state index in [2.05, 4.69) is 19.1 Å². The van der Waals surface area contributed by atoms with E-state index >= 15 is 0 Å². The fourth-order valence-electron chi connectivity index (χ4n) is 2.83. The van der Waals surface area contributed by atoms with Gasteiger partial charge >= 0.3 is 5.97 Å². The first kappa shape index (κ1) is 24.2. The summed E-state index contributed by atoms with van der Waals surface area (Å²) in [5.41, 5.74) is 0. The monoisotopic (exact) mass is 354 g/mol. The average molecular weight is 355 g/mol. The number of carbonyl (C=O) groups excluding carboxylic acids is 1. The van der Waals surface area contributed by atoms with Crippen molar-refractivity contribution in [2.75, 3.05) is 6.61 Å². The molecule has 1 unspecified atom stereocenters. The van der Waals surface area contributed by atoms with Crippen molar-refractivity contribution in [3.05, 3.63) is 12.2 Å². The summed E-state index contributed by atoms with van der Waals surface area (Å²) < 4.78 is 5.17. The van der Waals surface area contributed by atoms with Crippen LogP contribution in [0.3, 0.4) is 0 Å². The number of hydrogen-bond acceptors (Lipinski definition) is 3. The number of aliphatic hydroxyl groups is 1. The maximum absolute atomic E-state index is 11.6. The lowest BCUT2D eigenvalue weighted by atomic mass is 10.1. The van der Waals surface area contributed by atoms with Crippen LogP contribution in [-0.4, -0.2) is 23.8 Å². The number of esters is 1. The Bertz CT molecular complexity index is 308. The molecule has 0 rings (SSSR count). The molecule has 0 aliphatic heterocycles. The molecule has 3 nitrogen and oxygen atoms in total. The zero-order valence-corrected chi connectivity index (χ0v) is 16.8. The summed E-state index contributed by atoms with van der Waals surface area (Å²) in [6.45, 7) is 4.10. The lowest BCUT2D eigenvalue weighted by Crippen LogP contribution is -2.20. The fourth-order valence-corrected chi connectivity index (χ4v) is 2.83. The third kappa shape index (κ3) is 17.8. The number of aliphatic hydroxyl groups excluding tert-OH is 1. The fraction of sp³-hybridized carbons (Fsp3) is 0.864. The van der Waals surface area contributed by atoms with Crippen LogP contribution in [0.4, 0.5) is 0 Å². The van der Waals surface area contributed by atoms with Gasteiger partial charge in [0.2, 0.25) is 0 Å². The van der Waals surface area contributed by atoms with Crippen LogP contribution in [0, 0.1) is 0 Å². The van der Waals surface area contributed by atoms with Crippen LogP contribution in [0.15, 0.2) is 12.2 Å². The standard InChI is InChI=1S/C22H42O3/c1-3-5-6-7-8-9-10-11-12-13-14-15-16-17-18-19-22(24)25-21(4-2)20-23/h9-10,21,23H,3-8,11-20H2,1-2H3/b10-9-. The van der Waals surface area contributed by atoms with Crippen molar-refractivity contribution in [1.82, 2.24) is 0 Å². The molecule has 0 bridgehead atoms. The number of ether oxygens (including phenoxy) is 1. The Labute approximate surface area is 156 Å². The highest BCUT2D eigenvalue weighted by Crippen LogP contribution is 2.11. The Morgan fingerprint density at radius 2 is 1.36 bits per heavy atom. The van der Waals surface area contributed by atoms with Crippen molar-refractivity contribution in [1.29, 1.82) is 0 Å². The van der Waals surface area contributed by atoms with Gasteiger partial charge in [-0.3, -0.25) is 4.79 Å². The Morgan fingerprint density at radius 1 is 0.840 bits per heavy atom. The number of carbonyl (C=O) groups is 1. The van der Waals surface area contributed by atoms with Gasteiger partial charge in [0, 0.05) is 6.42 Å². The molecule has 0 saturated carbocycles. The lowest BCUT2D eigenvalue weighted by molar-refractivity contribution is -0.151. The first-order valence-corrected chi connectivity index (χ1v) is 10.7. The zero-order chi connectivity index (χ0) is 18.6. The molecule has 0 aliphatic carbocycles. The van der Waals surface area contributed by atoms with E-state index in [4.69, 9.17) is 9.84 Å². The molecule has 1 atom stereocenters. The Morgan fingerprint density at radius 3 is 1.88 bits per heavy atom. The third-order valence-corrected chi connectivity index (χ3v) is 4.60. The second kappa shape index (κ2) is 19.5.